The highest BCUT2D eigenvalue weighted by Crippen LogP contribution is 2.49. The van der Waals surface area contributed by atoms with Crippen molar-refractivity contribution >= 4 is 29.0 Å². The Morgan fingerprint density at radius 2 is 1.74 bits per heavy atom. The summed E-state index contributed by atoms with van der Waals surface area (Å²) in [6.45, 7) is 0. The number of fused-ring (bicyclic) bond motifs is 2. The van der Waals surface area contributed by atoms with Gasteiger partial charge in [0.15, 0.2) is 35.1 Å². The molecule has 3 N–H and O–H groups in total. The lowest BCUT2D eigenvalue weighted by Crippen LogP contribution is -2.39. The van der Waals surface area contributed by atoms with Gasteiger partial charge in [0.2, 0.25) is 0 Å². The summed E-state index contributed by atoms with van der Waals surface area (Å²) in [5.41, 5.74) is 0.799. The predicted octanol–water partition coefficient (Wildman–Crippen LogP) is 2.71. The van der Waals surface area contributed by atoms with Gasteiger partial charge in [-0.15, -0.1) is 0 Å². The van der Waals surface area contributed by atoms with Gasteiger partial charge in [-0.3, -0.25) is 9.88 Å². The first kappa shape index (κ1) is 22.6. The van der Waals surface area contributed by atoms with Gasteiger partial charge in [0.1, 0.15) is 18.5 Å². The summed E-state index contributed by atoms with van der Waals surface area (Å²) in [7, 11) is 0. The molecule has 6 rings (SSSR count). The maximum absolute atomic E-state index is 12.6. The molecule has 0 unspecified atom stereocenters. The third kappa shape index (κ3) is 4.13. The topological polar surface area (TPSA) is 150 Å². The van der Waals surface area contributed by atoms with Gasteiger partial charge in [-0.05, 0) is 25.7 Å². The zero-order valence-electron chi connectivity index (χ0n) is 19.4. The molecule has 4 atom stereocenters. The quantitative estimate of drug-likeness (QED) is 0.593. The molecule has 0 radical (unpaired) electrons. The molecule has 4 heterocycles. The van der Waals surface area contributed by atoms with Crippen LogP contribution >= 0.6 is 0 Å². The van der Waals surface area contributed by atoms with Gasteiger partial charge in [0.05, 0.1) is 6.33 Å². The summed E-state index contributed by atoms with van der Waals surface area (Å²) in [5.74, 6) is -1.59. The van der Waals surface area contributed by atoms with Crippen molar-refractivity contribution in [2.75, 3.05) is 5.32 Å². The van der Waals surface area contributed by atoms with E-state index in [2.05, 4.69) is 25.6 Å². The zero-order chi connectivity index (χ0) is 24.0. The molecular weight excluding hydrogens is 456 g/mol. The number of carboxylic acids is 1. The first-order valence-corrected chi connectivity index (χ1v) is 12.5. The minimum atomic E-state index is -1.16. The molecule has 4 aliphatic rings. The van der Waals surface area contributed by atoms with E-state index >= 15 is 0 Å². The minimum absolute atomic E-state index is 0.155. The molecule has 2 aromatic rings. The van der Waals surface area contributed by atoms with Crippen molar-refractivity contribution < 1.29 is 28.9 Å². The van der Waals surface area contributed by atoms with E-state index < -0.39 is 36.3 Å². The Bertz CT molecular complexity index is 1110. The van der Waals surface area contributed by atoms with Crippen LogP contribution in [0, 0.1) is 0 Å². The Morgan fingerprint density at radius 1 is 1.00 bits per heavy atom. The third-order valence-electron chi connectivity index (χ3n) is 7.55. The molecule has 4 fully saturated rings. The molecular formula is C23H30N6O6. The molecule has 2 aromatic heterocycles. The number of rotatable bonds is 4. The summed E-state index contributed by atoms with van der Waals surface area (Å²) < 4.78 is 20.2. The van der Waals surface area contributed by atoms with Gasteiger partial charge in [-0.1, -0.05) is 25.7 Å². The molecule has 2 aliphatic heterocycles. The predicted molar refractivity (Wildman–Crippen MR) is 121 cm³/mol. The highest BCUT2D eigenvalue weighted by Gasteiger charge is 2.61. The van der Waals surface area contributed by atoms with Crippen molar-refractivity contribution in [2.45, 2.75) is 101 Å². The van der Waals surface area contributed by atoms with Crippen LogP contribution in [0.5, 0.6) is 0 Å². The minimum Gasteiger partial charge on any atom is -0.479 e. The molecule has 35 heavy (non-hydrogen) atoms. The number of anilines is 1. The second-order valence-corrected chi connectivity index (χ2v) is 9.90. The summed E-state index contributed by atoms with van der Waals surface area (Å²) in [6.07, 6.45) is 9.45. The van der Waals surface area contributed by atoms with Gasteiger partial charge in [0.25, 0.3) is 0 Å². The van der Waals surface area contributed by atoms with Gasteiger partial charge in [-0.2, -0.15) is 0 Å². The van der Waals surface area contributed by atoms with E-state index in [1.807, 2.05) is 0 Å². The third-order valence-corrected chi connectivity index (χ3v) is 7.55. The van der Waals surface area contributed by atoms with Crippen LogP contribution in [0.15, 0.2) is 12.7 Å². The summed E-state index contributed by atoms with van der Waals surface area (Å²) in [5, 5.41) is 15.6. The van der Waals surface area contributed by atoms with Gasteiger partial charge < -0.3 is 24.6 Å². The first-order chi connectivity index (χ1) is 17.0. The average Bonchev–Trinajstić information content (AvgIpc) is 3.52. The zero-order valence-corrected chi connectivity index (χ0v) is 19.4. The summed E-state index contributed by atoms with van der Waals surface area (Å²) in [4.78, 5) is 37.5. The Labute approximate surface area is 201 Å². The lowest BCUT2D eigenvalue weighted by atomic mass is 9.94. The molecule has 188 valence electrons. The molecule has 2 amide bonds. The number of nitrogens with zero attached hydrogens (tertiary/aromatic N) is 4. The van der Waals surface area contributed by atoms with Crippen LogP contribution in [-0.4, -0.2) is 66.8 Å². The van der Waals surface area contributed by atoms with E-state index in [-0.39, 0.29) is 17.9 Å². The lowest BCUT2D eigenvalue weighted by molar-refractivity contribution is -0.231. The van der Waals surface area contributed by atoms with Crippen molar-refractivity contribution in [1.82, 2.24) is 24.8 Å². The molecule has 12 nitrogen and oxygen atoms in total. The van der Waals surface area contributed by atoms with Crippen LogP contribution < -0.4 is 10.6 Å². The lowest BCUT2D eigenvalue weighted by Gasteiger charge is -2.33. The number of imidazole rings is 1. The van der Waals surface area contributed by atoms with Crippen molar-refractivity contribution in [3.63, 3.8) is 0 Å². The Morgan fingerprint density at radius 3 is 2.51 bits per heavy atom. The number of aliphatic carboxylic acids is 1. The average molecular weight is 487 g/mol. The fourth-order valence-corrected chi connectivity index (χ4v) is 5.87. The normalized spacial score (nSPS) is 30.4. The molecule has 12 heteroatoms. The monoisotopic (exact) mass is 486 g/mol. The molecule has 2 aliphatic carbocycles. The molecule has 2 saturated heterocycles. The van der Waals surface area contributed by atoms with E-state index in [1.54, 1.807) is 4.57 Å². The molecule has 1 spiro atoms. The van der Waals surface area contributed by atoms with Crippen molar-refractivity contribution in [3.05, 3.63) is 12.7 Å². The first-order valence-electron chi connectivity index (χ1n) is 12.5. The maximum atomic E-state index is 12.6. The number of carboxylic acid groups (broad SMARTS) is 1. The SMILES string of the molecule is O=C(Nc1ncnc2c1ncn2[C@@H]1O[C@H](C(=O)O)[C@H]2OC3(CCCCC3)O[C@H]21)NC1CCCCC1. The van der Waals surface area contributed by atoms with Crippen molar-refractivity contribution in [1.29, 1.82) is 0 Å². The number of hydrogen-bond donors (Lipinski definition) is 3. The van der Waals surface area contributed by atoms with Gasteiger partial charge in [-0.25, -0.2) is 24.5 Å². The van der Waals surface area contributed by atoms with Crippen LogP contribution in [0.2, 0.25) is 0 Å². The Balaban J connectivity index is 1.25. The maximum Gasteiger partial charge on any atom is 0.335 e. The standard InChI is InChI=1S/C23H30N6O6/c30-21(31)17-15-16(35-23(34-15)9-5-2-6-10-23)20(33-17)29-12-26-14-18(24-11-25-19(14)29)28-22(32)27-13-7-3-1-4-8-13/h11-13,15-17,20H,1-10H2,(H,30,31)(H2,24,25,27,28,32)/t15-,16+,17-,20+/m0/s1. The number of hydrogen-bond acceptors (Lipinski definition) is 8. The van der Waals surface area contributed by atoms with Gasteiger partial charge >= 0.3 is 12.0 Å². The van der Waals surface area contributed by atoms with Crippen LogP contribution in [-0.2, 0) is 19.0 Å². The van der Waals surface area contributed by atoms with Crippen molar-refractivity contribution in [2.24, 2.45) is 0 Å². The van der Waals surface area contributed by atoms with Crippen LogP contribution in [0.25, 0.3) is 11.2 Å². The number of urea groups is 1. The number of carbonyl (C=O) groups excluding carboxylic acids is 1. The Hall–Kier alpha value is -2.83. The number of amides is 2. The second-order valence-electron chi connectivity index (χ2n) is 9.90. The molecule has 0 bridgehead atoms. The summed E-state index contributed by atoms with van der Waals surface area (Å²) >= 11 is 0. The van der Waals surface area contributed by atoms with E-state index in [0.29, 0.717) is 11.2 Å². The number of carbonyl (C=O) groups is 2. The van der Waals surface area contributed by atoms with E-state index in [0.717, 1.165) is 57.8 Å². The van der Waals surface area contributed by atoms with Gasteiger partial charge in [0, 0.05) is 18.9 Å². The highest BCUT2D eigenvalue weighted by atomic mass is 16.8. The van der Waals surface area contributed by atoms with Crippen LogP contribution in [0.4, 0.5) is 10.6 Å². The van der Waals surface area contributed by atoms with Crippen molar-refractivity contribution in [3.8, 4) is 0 Å². The van der Waals surface area contributed by atoms with E-state index in [4.69, 9.17) is 14.2 Å². The fraction of sp³-hybridized carbons (Fsp3) is 0.696. The fourth-order valence-electron chi connectivity index (χ4n) is 5.87. The summed E-state index contributed by atoms with van der Waals surface area (Å²) in [6, 6.07) is -0.177. The Kier molecular flexibility index (Phi) is 5.81. The van der Waals surface area contributed by atoms with E-state index in [9.17, 15) is 14.7 Å². The van der Waals surface area contributed by atoms with Crippen LogP contribution in [0.3, 0.4) is 0 Å². The molecule has 0 aromatic carbocycles. The number of nitrogens with one attached hydrogen (secondary N) is 2. The largest absolute Gasteiger partial charge is 0.479 e. The smallest absolute Gasteiger partial charge is 0.335 e. The van der Waals surface area contributed by atoms with E-state index in [1.165, 1.54) is 19.1 Å². The second kappa shape index (κ2) is 8.99. The number of ether oxygens (including phenoxy) is 3. The highest BCUT2D eigenvalue weighted by molar-refractivity contribution is 5.96. The van der Waals surface area contributed by atoms with Crippen LogP contribution in [0.1, 0.15) is 70.4 Å². The number of aromatic nitrogens is 4. The molecule has 2 saturated carbocycles.